The highest BCUT2D eigenvalue weighted by Crippen LogP contribution is 2.18. The first-order valence-electron chi connectivity index (χ1n) is 6.47. The predicted molar refractivity (Wildman–Crippen MR) is 79.7 cm³/mol. The van der Waals surface area contributed by atoms with Crippen LogP contribution in [0.15, 0.2) is 53.4 Å². The van der Waals surface area contributed by atoms with Gasteiger partial charge < -0.3 is 5.73 Å². The van der Waals surface area contributed by atoms with E-state index in [0.717, 1.165) is 5.56 Å². The number of halogens is 1. The van der Waals surface area contributed by atoms with E-state index in [0.29, 0.717) is 0 Å². The Bertz CT molecular complexity index is 718. The SMILES string of the molecule is Cc1c(F)cccc1S(=O)(=O)NC[C@H](N)c1ccccc1. The molecule has 0 radical (unpaired) electrons. The third-order valence-electron chi connectivity index (χ3n) is 3.23. The van der Waals surface area contributed by atoms with E-state index < -0.39 is 21.9 Å². The van der Waals surface area contributed by atoms with E-state index in [-0.39, 0.29) is 17.0 Å². The van der Waals surface area contributed by atoms with Crippen molar-refractivity contribution in [3.8, 4) is 0 Å². The third kappa shape index (κ3) is 3.66. The quantitative estimate of drug-likeness (QED) is 0.888. The number of sulfonamides is 1. The van der Waals surface area contributed by atoms with Crippen molar-refractivity contribution in [3.63, 3.8) is 0 Å². The number of nitrogens with two attached hydrogens (primary N) is 1. The molecule has 4 nitrogen and oxygen atoms in total. The number of benzene rings is 2. The molecule has 0 saturated carbocycles. The first-order chi connectivity index (χ1) is 9.92. The lowest BCUT2D eigenvalue weighted by Gasteiger charge is -2.14. The standard InChI is InChI=1S/C15H17FN2O2S/c1-11-13(16)8-5-9-15(11)21(19,20)18-10-14(17)12-6-3-2-4-7-12/h2-9,14,18H,10,17H2,1H3/t14-/m0/s1. The van der Waals surface area contributed by atoms with E-state index >= 15 is 0 Å². The molecule has 112 valence electrons. The Labute approximate surface area is 123 Å². The van der Waals surface area contributed by atoms with Gasteiger partial charge in [-0.25, -0.2) is 17.5 Å². The number of nitrogens with one attached hydrogen (secondary N) is 1. The Kier molecular flexibility index (Phi) is 4.72. The van der Waals surface area contributed by atoms with Gasteiger partial charge in [0.1, 0.15) is 5.82 Å². The summed E-state index contributed by atoms with van der Waals surface area (Å²) in [5.74, 6) is -0.551. The van der Waals surface area contributed by atoms with E-state index in [2.05, 4.69) is 4.72 Å². The lowest BCUT2D eigenvalue weighted by molar-refractivity contribution is 0.567. The molecule has 0 fully saturated rings. The molecule has 0 aliphatic rings. The molecule has 21 heavy (non-hydrogen) atoms. The van der Waals surface area contributed by atoms with Crippen LogP contribution in [-0.2, 0) is 10.0 Å². The summed E-state index contributed by atoms with van der Waals surface area (Å²) in [7, 11) is -3.79. The van der Waals surface area contributed by atoms with Crippen LogP contribution in [0.25, 0.3) is 0 Å². The summed E-state index contributed by atoms with van der Waals surface area (Å²) in [6.45, 7) is 1.48. The van der Waals surface area contributed by atoms with Crippen LogP contribution in [0.2, 0.25) is 0 Å². The maximum absolute atomic E-state index is 13.5. The van der Waals surface area contributed by atoms with Crippen LogP contribution in [0.4, 0.5) is 4.39 Å². The molecule has 2 aromatic carbocycles. The second-order valence-corrected chi connectivity index (χ2v) is 6.47. The first kappa shape index (κ1) is 15.6. The van der Waals surface area contributed by atoms with Crippen molar-refractivity contribution in [3.05, 3.63) is 65.5 Å². The summed E-state index contributed by atoms with van der Waals surface area (Å²) in [5.41, 5.74) is 6.87. The predicted octanol–water partition coefficient (Wildman–Crippen LogP) is 2.11. The highest BCUT2D eigenvalue weighted by Gasteiger charge is 2.19. The fraction of sp³-hybridized carbons (Fsp3) is 0.200. The molecular formula is C15H17FN2O2S. The molecular weight excluding hydrogens is 291 g/mol. The van der Waals surface area contributed by atoms with Gasteiger partial charge >= 0.3 is 0 Å². The largest absolute Gasteiger partial charge is 0.323 e. The minimum absolute atomic E-state index is 0.0439. The smallest absolute Gasteiger partial charge is 0.240 e. The van der Waals surface area contributed by atoms with Gasteiger partial charge in [-0.2, -0.15) is 0 Å². The lowest BCUT2D eigenvalue weighted by Crippen LogP contribution is -2.32. The lowest BCUT2D eigenvalue weighted by atomic mass is 10.1. The Morgan fingerprint density at radius 3 is 2.48 bits per heavy atom. The number of hydrogen-bond acceptors (Lipinski definition) is 3. The van der Waals surface area contributed by atoms with Gasteiger partial charge in [0, 0.05) is 18.2 Å². The van der Waals surface area contributed by atoms with E-state index in [1.54, 1.807) is 0 Å². The summed E-state index contributed by atoms with van der Waals surface area (Å²) in [4.78, 5) is -0.0669. The van der Waals surface area contributed by atoms with E-state index in [1.165, 1.54) is 25.1 Å². The molecule has 2 rings (SSSR count). The van der Waals surface area contributed by atoms with Gasteiger partial charge in [0.2, 0.25) is 10.0 Å². The van der Waals surface area contributed by atoms with Gasteiger partial charge in [-0.05, 0) is 24.6 Å². The minimum Gasteiger partial charge on any atom is -0.323 e. The molecule has 0 unspecified atom stereocenters. The van der Waals surface area contributed by atoms with Gasteiger partial charge in [0.05, 0.1) is 4.90 Å². The van der Waals surface area contributed by atoms with Gasteiger partial charge in [-0.15, -0.1) is 0 Å². The van der Waals surface area contributed by atoms with Gasteiger partial charge in [-0.1, -0.05) is 36.4 Å². The van der Waals surface area contributed by atoms with Crippen molar-refractivity contribution >= 4 is 10.0 Å². The Balaban J connectivity index is 2.14. The number of rotatable bonds is 5. The van der Waals surface area contributed by atoms with Gasteiger partial charge in [0.15, 0.2) is 0 Å². The van der Waals surface area contributed by atoms with Crippen molar-refractivity contribution in [2.45, 2.75) is 17.9 Å². The summed E-state index contributed by atoms with van der Waals surface area (Å²) in [6.07, 6.45) is 0. The molecule has 3 N–H and O–H groups in total. The molecule has 0 spiro atoms. The van der Waals surface area contributed by atoms with Gasteiger partial charge in [-0.3, -0.25) is 0 Å². The topological polar surface area (TPSA) is 72.2 Å². The van der Waals surface area contributed by atoms with Crippen molar-refractivity contribution in [1.82, 2.24) is 4.72 Å². The molecule has 0 aliphatic carbocycles. The second kappa shape index (κ2) is 6.34. The molecule has 6 heteroatoms. The highest BCUT2D eigenvalue weighted by atomic mass is 32.2. The van der Waals surface area contributed by atoms with Crippen LogP contribution < -0.4 is 10.5 Å². The third-order valence-corrected chi connectivity index (χ3v) is 4.80. The zero-order valence-electron chi connectivity index (χ0n) is 11.6. The average molecular weight is 308 g/mol. The molecule has 2 aromatic rings. The van der Waals surface area contributed by atoms with Crippen molar-refractivity contribution in [1.29, 1.82) is 0 Å². The van der Waals surface area contributed by atoms with Crippen LogP contribution in [0.1, 0.15) is 17.2 Å². The van der Waals surface area contributed by atoms with Crippen molar-refractivity contribution in [2.24, 2.45) is 5.73 Å². The Morgan fingerprint density at radius 2 is 1.81 bits per heavy atom. The summed E-state index contributed by atoms with van der Waals surface area (Å²) in [6, 6.07) is 12.7. The van der Waals surface area contributed by atoms with Crippen LogP contribution >= 0.6 is 0 Å². The highest BCUT2D eigenvalue weighted by molar-refractivity contribution is 7.89. The molecule has 0 saturated heterocycles. The summed E-state index contributed by atoms with van der Waals surface area (Å²) >= 11 is 0. The van der Waals surface area contributed by atoms with Crippen molar-refractivity contribution in [2.75, 3.05) is 6.54 Å². The summed E-state index contributed by atoms with van der Waals surface area (Å²) < 4.78 is 40.3. The molecule has 0 amide bonds. The fourth-order valence-electron chi connectivity index (χ4n) is 1.97. The molecule has 0 heterocycles. The molecule has 1 atom stereocenters. The first-order valence-corrected chi connectivity index (χ1v) is 7.95. The van der Waals surface area contributed by atoms with E-state index in [4.69, 9.17) is 5.73 Å². The van der Waals surface area contributed by atoms with Crippen LogP contribution in [0, 0.1) is 12.7 Å². The van der Waals surface area contributed by atoms with Crippen LogP contribution in [-0.4, -0.2) is 15.0 Å². The maximum Gasteiger partial charge on any atom is 0.240 e. The summed E-state index contributed by atoms with van der Waals surface area (Å²) in [5, 5.41) is 0. The molecule has 0 aliphatic heterocycles. The molecule has 0 aromatic heterocycles. The zero-order chi connectivity index (χ0) is 15.5. The Hall–Kier alpha value is -1.76. The van der Waals surface area contributed by atoms with Crippen LogP contribution in [0.3, 0.4) is 0 Å². The number of hydrogen-bond donors (Lipinski definition) is 2. The van der Waals surface area contributed by atoms with Crippen LogP contribution in [0.5, 0.6) is 0 Å². The second-order valence-electron chi connectivity index (χ2n) is 4.73. The van der Waals surface area contributed by atoms with E-state index in [9.17, 15) is 12.8 Å². The zero-order valence-corrected chi connectivity index (χ0v) is 12.4. The fourth-order valence-corrected chi connectivity index (χ4v) is 3.29. The van der Waals surface area contributed by atoms with E-state index in [1.807, 2.05) is 30.3 Å². The van der Waals surface area contributed by atoms with Crippen molar-refractivity contribution < 1.29 is 12.8 Å². The normalized spacial score (nSPS) is 13.1. The van der Waals surface area contributed by atoms with Gasteiger partial charge in [0.25, 0.3) is 0 Å². The molecule has 0 bridgehead atoms. The average Bonchev–Trinajstić information content (AvgIpc) is 2.48. The minimum atomic E-state index is -3.79. The maximum atomic E-state index is 13.5. The Morgan fingerprint density at radius 1 is 1.14 bits per heavy atom. The monoisotopic (exact) mass is 308 g/mol.